The standard InChI is InChI=1S/C11H12BrN3/c12-10-7-14-11-9(2-1-5-15(10)11)8-3-4-13-6-8/h1-2,5,7-8,13H,3-4,6H2. The first-order chi connectivity index (χ1) is 7.36. The zero-order chi connectivity index (χ0) is 10.3. The lowest BCUT2D eigenvalue weighted by Gasteiger charge is -2.09. The largest absolute Gasteiger partial charge is 0.316 e. The van der Waals surface area contributed by atoms with Crippen molar-refractivity contribution in [2.75, 3.05) is 13.1 Å². The van der Waals surface area contributed by atoms with Gasteiger partial charge in [-0.25, -0.2) is 4.98 Å². The maximum Gasteiger partial charge on any atom is 0.141 e. The fourth-order valence-corrected chi connectivity index (χ4v) is 2.63. The number of rotatable bonds is 1. The Morgan fingerprint density at radius 2 is 2.47 bits per heavy atom. The molecule has 78 valence electrons. The van der Waals surface area contributed by atoms with E-state index in [1.54, 1.807) is 0 Å². The zero-order valence-electron chi connectivity index (χ0n) is 8.28. The van der Waals surface area contributed by atoms with Crippen LogP contribution >= 0.6 is 15.9 Å². The Bertz CT molecular complexity index is 486. The quantitative estimate of drug-likeness (QED) is 0.857. The molecular weight excluding hydrogens is 254 g/mol. The van der Waals surface area contributed by atoms with Crippen LogP contribution in [0.3, 0.4) is 0 Å². The highest BCUT2D eigenvalue weighted by atomic mass is 79.9. The molecule has 3 heterocycles. The highest BCUT2D eigenvalue weighted by molar-refractivity contribution is 9.10. The van der Waals surface area contributed by atoms with E-state index in [2.05, 4.69) is 42.8 Å². The average Bonchev–Trinajstić information content (AvgIpc) is 2.88. The summed E-state index contributed by atoms with van der Waals surface area (Å²) in [4.78, 5) is 4.45. The molecule has 1 aliphatic rings. The molecule has 1 fully saturated rings. The molecule has 0 radical (unpaired) electrons. The first-order valence-electron chi connectivity index (χ1n) is 5.18. The number of pyridine rings is 1. The topological polar surface area (TPSA) is 29.3 Å². The third-order valence-electron chi connectivity index (χ3n) is 3.02. The molecule has 15 heavy (non-hydrogen) atoms. The van der Waals surface area contributed by atoms with Gasteiger partial charge >= 0.3 is 0 Å². The molecule has 1 unspecified atom stereocenters. The van der Waals surface area contributed by atoms with Crippen molar-refractivity contribution in [2.45, 2.75) is 12.3 Å². The van der Waals surface area contributed by atoms with Gasteiger partial charge in [-0.05, 0) is 40.5 Å². The molecule has 4 heteroatoms. The van der Waals surface area contributed by atoms with Crippen molar-refractivity contribution in [3.8, 4) is 0 Å². The van der Waals surface area contributed by atoms with Crippen LogP contribution < -0.4 is 5.32 Å². The fourth-order valence-electron chi connectivity index (χ4n) is 2.24. The molecule has 0 aromatic carbocycles. The molecule has 2 aromatic heterocycles. The lowest BCUT2D eigenvalue weighted by molar-refractivity contribution is 0.763. The molecule has 0 saturated carbocycles. The number of halogens is 1. The molecule has 0 spiro atoms. The maximum absolute atomic E-state index is 4.45. The highest BCUT2D eigenvalue weighted by Gasteiger charge is 2.19. The Morgan fingerprint density at radius 3 is 3.27 bits per heavy atom. The van der Waals surface area contributed by atoms with E-state index < -0.39 is 0 Å². The van der Waals surface area contributed by atoms with Gasteiger partial charge in [-0.15, -0.1) is 0 Å². The van der Waals surface area contributed by atoms with Crippen LogP contribution in [0.1, 0.15) is 17.9 Å². The van der Waals surface area contributed by atoms with E-state index >= 15 is 0 Å². The van der Waals surface area contributed by atoms with Crippen LogP contribution in [0.5, 0.6) is 0 Å². The lowest BCUT2D eigenvalue weighted by atomic mass is 10.00. The lowest BCUT2D eigenvalue weighted by Crippen LogP contribution is -2.08. The Balaban J connectivity index is 2.17. The van der Waals surface area contributed by atoms with Crippen LogP contribution in [0, 0.1) is 0 Å². The van der Waals surface area contributed by atoms with Crippen molar-refractivity contribution < 1.29 is 0 Å². The molecule has 3 rings (SSSR count). The number of hydrogen-bond donors (Lipinski definition) is 1. The Labute approximate surface area is 96.6 Å². The molecule has 1 saturated heterocycles. The van der Waals surface area contributed by atoms with Gasteiger partial charge in [0.1, 0.15) is 10.3 Å². The number of hydrogen-bond acceptors (Lipinski definition) is 2. The van der Waals surface area contributed by atoms with Crippen molar-refractivity contribution in [2.24, 2.45) is 0 Å². The molecular formula is C11H12BrN3. The smallest absolute Gasteiger partial charge is 0.141 e. The van der Waals surface area contributed by atoms with Gasteiger partial charge in [0, 0.05) is 18.7 Å². The number of nitrogens with zero attached hydrogens (tertiary/aromatic N) is 2. The summed E-state index contributed by atoms with van der Waals surface area (Å²) < 4.78 is 3.11. The third-order valence-corrected chi connectivity index (χ3v) is 3.61. The zero-order valence-corrected chi connectivity index (χ0v) is 9.87. The van der Waals surface area contributed by atoms with Crippen LogP contribution in [0.15, 0.2) is 29.1 Å². The van der Waals surface area contributed by atoms with Gasteiger partial charge in [-0.1, -0.05) is 6.07 Å². The van der Waals surface area contributed by atoms with E-state index in [9.17, 15) is 0 Å². The summed E-state index contributed by atoms with van der Waals surface area (Å²) in [6, 6.07) is 4.28. The number of imidazole rings is 1. The first kappa shape index (κ1) is 9.36. The molecule has 0 bridgehead atoms. The van der Waals surface area contributed by atoms with E-state index in [4.69, 9.17) is 0 Å². The number of aromatic nitrogens is 2. The van der Waals surface area contributed by atoms with E-state index in [-0.39, 0.29) is 0 Å². The minimum Gasteiger partial charge on any atom is -0.316 e. The van der Waals surface area contributed by atoms with Gasteiger partial charge in [-0.3, -0.25) is 4.40 Å². The monoisotopic (exact) mass is 265 g/mol. The Kier molecular flexibility index (Phi) is 2.25. The molecule has 1 aliphatic heterocycles. The van der Waals surface area contributed by atoms with Gasteiger partial charge in [0.2, 0.25) is 0 Å². The minimum absolute atomic E-state index is 0.614. The summed E-state index contributed by atoms with van der Waals surface area (Å²) in [5, 5.41) is 3.39. The van der Waals surface area contributed by atoms with Crippen LogP contribution in [-0.4, -0.2) is 22.5 Å². The molecule has 1 N–H and O–H groups in total. The van der Waals surface area contributed by atoms with Crippen LogP contribution in [0.25, 0.3) is 5.65 Å². The molecule has 2 aromatic rings. The average molecular weight is 266 g/mol. The summed E-state index contributed by atoms with van der Waals surface area (Å²) in [5.41, 5.74) is 2.44. The maximum atomic E-state index is 4.45. The van der Waals surface area contributed by atoms with Gasteiger partial charge in [0.05, 0.1) is 6.20 Å². The van der Waals surface area contributed by atoms with Crippen LogP contribution in [-0.2, 0) is 0 Å². The SMILES string of the molecule is Brc1cnc2c(C3CCNC3)cccn12. The second-order valence-corrected chi connectivity index (χ2v) is 4.74. The summed E-state index contributed by atoms with van der Waals surface area (Å²) in [6.07, 6.45) is 5.11. The van der Waals surface area contributed by atoms with Gasteiger partial charge in [-0.2, -0.15) is 0 Å². The van der Waals surface area contributed by atoms with Gasteiger partial charge in [0.15, 0.2) is 0 Å². The second kappa shape index (κ2) is 3.61. The van der Waals surface area contributed by atoms with Crippen molar-refractivity contribution in [3.63, 3.8) is 0 Å². The minimum atomic E-state index is 0.614. The molecule has 0 aliphatic carbocycles. The van der Waals surface area contributed by atoms with Crippen LogP contribution in [0.4, 0.5) is 0 Å². The molecule has 3 nitrogen and oxygen atoms in total. The number of fused-ring (bicyclic) bond motifs is 1. The fraction of sp³-hybridized carbons (Fsp3) is 0.364. The van der Waals surface area contributed by atoms with Crippen LogP contribution in [0.2, 0.25) is 0 Å². The van der Waals surface area contributed by atoms with Crippen molar-refractivity contribution >= 4 is 21.6 Å². The third kappa shape index (κ3) is 1.48. The van der Waals surface area contributed by atoms with Crippen molar-refractivity contribution in [1.82, 2.24) is 14.7 Å². The van der Waals surface area contributed by atoms with Crippen molar-refractivity contribution in [3.05, 3.63) is 34.7 Å². The van der Waals surface area contributed by atoms with E-state index in [1.165, 1.54) is 12.0 Å². The summed E-state index contributed by atoms with van der Waals surface area (Å²) in [5.74, 6) is 0.614. The Hall–Kier alpha value is -0.870. The van der Waals surface area contributed by atoms with E-state index in [1.807, 2.05) is 12.4 Å². The predicted octanol–water partition coefficient (Wildman–Crippen LogP) is 2.17. The number of nitrogens with one attached hydrogen (secondary N) is 1. The van der Waals surface area contributed by atoms with Crippen molar-refractivity contribution in [1.29, 1.82) is 0 Å². The second-order valence-electron chi connectivity index (χ2n) is 3.93. The first-order valence-corrected chi connectivity index (χ1v) is 5.98. The summed E-state index contributed by atoms with van der Waals surface area (Å²) in [6.45, 7) is 2.19. The molecule has 0 amide bonds. The van der Waals surface area contributed by atoms with E-state index in [0.29, 0.717) is 5.92 Å². The Morgan fingerprint density at radius 1 is 1.53 bits per heavy atom. The summed E-state index contributed by atoms with van der Waals surface area (Å²) >= 11 is 3.49. The van der Waals surface area contributed by atoms with Gasteiger partial charge in [0.25, 0.3) is 0 Å². The summed E-state index contributed by atoms with van der Waals surface area (Å²) in [7, 11) is 0. The predicted molar refractivity (Wildman–Crippen MR) is 63.1 cm³/mol. The van der Waals surface area contributed by atoms with Gasteiger partial charge < -0.3 is 5.32 Å². The van der Waals surface area contributed by atoms with E-state index in [0.717, 1.165) is 23.3 Å². The molecule has 1 atom stereocenters. The highest BCUT2D eigenvalue weighted by Crippen LogP contribution is 2.27. The normalized spacial score (nSPS) is 21.3.